The van der Waals surface area contributed by atoms with E-state index in [4.69, 9.17) is 0 Å². The maximum atomic E-state index is 4.47. The van der Waals surface area contributed by atoms with E-state index in [0.29, 0.717) is 6.04 Å². The fourth-order valence-corrected chi connectivity index (χ4v) is 1.98. The highest BCUT2D eigenvalue weighted by atomic mass is 14.9. The molecule has 0 radical (unpaired) electrons. The minimum absolute atomic E-state index is 0.582. The molecule has 1 atom stereocenters. The summed E-state index contributed by atoms with van der Waals surface area (Å²) < 4.78 is 0. The van der Waals surface area contributed by atoms with E-state index in [-0.39, 0.29) is 0 Å². The van der Waals surface area contributed by atoms with Gasteiger partial charge < -0.3 is 5.32 Å². The van der Waals surface area contributed by atoms with Crippen molar-refractivity contribution in [2.24, 2.45) is 0 Å². The van der Waals surface area contributed by atoms with Gasteiger partial charge in [-0.2, -0.15) is 0 Å². The highest BCUT2D eigenvalue weighted by molar-refractivity contribution is 5.18. The Morgan fingerprint density at radius 3 is 2.81 bits per heavy atom. The van der Waals surface area contributed by atoms with Gasteiger partial charge in [0.15, 0.2) is 0 Å². The van der Waals surface area contributed by atoms with Crippen molar-refractivity contribution in [3.05, 3.63) is 29.6 Å². The summed E-state index contributed by atoms with van der Waals surface area (Å²) in [5.74, 6) is 0. The van der Waals surface area contributed by atoms with Crippen molar-refractivity contribution < 1.29 is 0 Å². The largest absolute Gasteiger partial charge is 0.314 e. The molecule has 0 aromatic carbocycles. The standard InChI is InChI=1S/C14H24N2/c1-4-6-9-13(15-5-2)11-14-12(3)8-7-10-16-14/h7-8,10,13,15H,4-6,9,11H2,1-3H3. The number of likely N-dealkylation sites (N-methyl/N-ethyl adjacent to an activating group) is 1. The molecular weight excluding hydrogens is 196 g/mol. The van der Waals surface area contributed by atoms with Crippen LogP contribution in [0.1, 0.15) is 44.4 Å². The molecule has 0 amide bonds. The predicted molar refractivity (Wildman–Crippen MR) is 69.7 cm³/mol. The predicted octanol–water partition coefficient (Wildman–Crippen LogP) is 3.10. The molecule has 16 heavy (non-hydrogen) atoms. The van der Waals surface area contributed by atoms with Gasteiger partial charge in [-0.3, -0.25) is 4.98 Å². The minimum atomic E-state index is 0.582. The second-order valence-electron chi connectivity index (χ2n) is 4.37. The third kappa shape index (κ3) is 4.31. The van der Waals surface area contributed by atoms with E-state index < -0.39 is 0 Å². The lowest BCUT2D eigenvalue weighted by Crippen LogP contribution is -2.31. The van der Waals surface area contributed by atoms with Crippen LogP contribution in [0.4, 0.5) is 0 Å². The van der Waals surface area contributed by atoms with E-state index in [1.807, 2.05) is 12.3 Å². The zero-order valence-corrected chi connectivity index (χ0v) is 10.8. The number of pyridine rings is 1. The van der Waals surface area contributed by atoms with Crippen LogP contribution >= 0.6 is 0 Å². The fraction of sp³-hybridized carbons (Fsp3) is 0.643. The first-order chi connectivity index (χ1) is 7.77. The highest BCUT2D eigenvalue weighted by Gasteiger charge is 2.09. The van der Waals surface area contributed by atoms with E-state index in [1.165, 1.54) is 30.5 Å². The lowest BCUT2D eigenvalue weighted by molar-refractivity contribution is 0.469. The Kier molecular flexibility index (Phi) is 6.09. The Morgan fingerprint density at radius 1 is 1.38 bits per heavy atom. The summed E-state index contributed by atoms with van der Waals surface area (Å²) >= 11 is 0. The molecule has 0 aliphatic rings. The van der Waals surface area contributed by atoms with Crippen LogP contribution in [0, 0.1) is 6.92 Å². The second-order valence-corrected chi connectivity index (χ2v) is 4.37. The van der Waals surface area contributed by atoms with Gasteiger partial charge in [-0.05, 0) is 31.5 Å². The van der Waals surface area contributed by atoms with E-state index in [0.717, 1.165) is 13.0 Å². The molecule has 0 spiro atoms. The van der Waals surface area contributed by atoms with Crippen LogP contribution < -0.4 is 5.32 Å². The number of hydrogen-bond donors (Lipinski definition) is 1. The van der Waals surface area contributed by atoms with Gasteiger partial charge in [0.2, 0.25) is 0 Å². The summed E-state index contributed by atoms with van der Waals surface area (Å²) in [6.45, 7) is 7.60. The quantitative estimate of drug-likeness (QED) is 0.763. The van der Waals surface area contributed by atoms with Crippen molar-refractivity contribution in [1.82, 2.24) is 10.3 Å². The molecule has 2 nitrogen and oxygen atoms in total. The van der Waals surface area contributed by atoms with Gasteiger partial charge in [-0.1, -0.05) is 32.8 Å². The molecule has 1 unspecified atom stereocenters. The molecule has 1 heterocycles. The van der Waals surface area contributed by atoms with E-state index in [2.05, 4.69) is 37.1 Å². The monoisotopic (exact) mass is 220 g/mol. The molecular formula is C14H24N2. The lowest BCUT2D eigenvalue weighted by atomic mass is 10.0. The first-order valence-corrected chi connectivity index (χ1v) is 6.41. The molecule has 1 rings (SSSR count). The molecule has 2 heteroatoms. The van der Waals surface area contributed by atoms with Crippen LogP contribution in [0.15, 0.2) is 18.3 Å². The van der Waals surface area contributed by atoms with Crippen LogP contribution in [0.2, 0.25) is 0 Å². The van der Waals surface area contributed by atoms with E-state index in [1.54, 1.807) is 0 Å². The third-order valence-electron chi connectivity index (χ3n) is 2.96. The Hall–Kier alpha value is -0.890. The normalized spacial score (nSPS) is 12.7. The SMILES string of the molecule is CCCCC(Cc1ncccc1C)NCC. The van der Waals surface area contributed by atoms with E-state index >= 15 is 0 Å². The second kappa shape index (κ2) is 7.39. The first-order valence-electron chi connectivity index (χ1n) is 6.41. The smallest absolute Gasteiger partial charge is 0.0448 e. The molecule has 1 aromatic heterocycles. The van der Waals surface area contributed by atoms with Crippen molar-refractivity contribution in [3.63, 3.8) is 0 Å². The summed E-state index contributed by atoms with van der Waals surface area (Å²) in [5.41, 5.74) is 2.55. The highest BCUT2D eigenvalue weighted by Crippen LogP contribution is 2.10. The summed E-state index contributed by atoms with van der Waals surface area (Å²) in [6.07, 6.45) is 6.76. The zero-order valence-electron chi connectivity index (χ0n) is 10.8. The van der Waals surface area contributed by atoms with Gasteiger partial charge in [0, 0.05) is 24.4 Å². The van der Waals surface area contributed by atoms with Crippen LogP contribution in [-0.4, -0.2) is 17.6 Å². The minimum Gasteiger partial charge on any atom is -0.314 e. The fourth-order valence-electron chi connectivity index (χ4n) is 1.98. The molecule has 1 aromatic rings. The third-order valence-corrected chi connectivity index (χ3v) is 2.96. The van der Waals surface area contributed by atoms with Gasteiger partial charge >= 0.3 is 0 Å². The number of aryl methyl sites for hydroxylation is 1. The van der Waals surface area contributed by atoms with Crippen molar-refractivity contribution >= 4 is 0 Å². The Balaban J connectivity index is 2.56. The number of nitrogens with one attached hydrogen (secondary N) is 1. The molecule has 0 saturated carbocycles. The van der Waals surface area contributed by atoms with Gasteiger partial charge in [0.25, 0.3) is 0 Å². The number of nitrogens with zero attached hydrogens (tertiary/aromatic N) is 1. The van der Waals surface area contributed by atoms with Crippen molar-refractivity contribution in [1.29, 1.82) is 0 Å². The Morgan fingerprint density at radius 2 is 2.19 bits per heavy atom. The Labute approximate surface area is 99.5 Å². The van der Waals surface area contributed by atoms with Crippen molar-refractivity contribution in [2.75, 3.05) is 6.54 Å². The molecule has 0 bridgehead atoms. The van der Waals surface area contributed by atoms with Crippen LogP contribution in [0.25, 0.3) is 0 Å². The summed E-state index contributed by atoms with van der Waals surface area (Å²) in [6, 6.07) is 4.73. The summed E-state index contributed by atoms with van der Waals surface area (Å²) in [4.78, 5) is 4.47. The van der Waals surface area contributed by atoms with Gasteiger partial charge in [-0.15, -0.1) is 0 Å². The zero-order chi connectivity index (χ0) is 11.8. The maximum absolute atomic E-state index is 4.47. The number of unbranched alkanes of at least 4 members (excludes halogenated alkanes) is 1. The molecule has 1 N–H and O–H groups in total. The summed E-state index contributed by atoms with van der Waals surface area (Å²) in [7, 11) is 0. The maximum Gasteiger partial charge on any atom is 0.0448 e. The summed E-state index contributed by atoms with van der Waals surface area (Å²) in [5, 5.41) is 3.55. The number of aromatic nitrogens is 1. The molecule has 0 saturated heterocycles. The van der Waals surface area contributed by atoms with Gasteiger partial charge in [0.05, 0.1) is 0 Å². The molecule has 0 aliphatic carbocycles. The van der Waals surface area contributed by atoms with Crippen molar-refractivity contribution in [2.45, 2.75) is 52.5 Å². The van der Waals surface area contributed by atoms with Gasteiger partial charge in [0.1, 0.15) is 0 Å². The average molecular weight is 220 g/mol. The van der Waals surface area contributed by atoms with Crippen LogP contribution in [0.5, 0.6) is 0 Å². The van der Waals surface area contributed by atoms with Crippen molar-refractivity contribution in [3.8, 4) is 0 Å². The average Bonchev–Trinajstić information content (AvgIpc) is 2.29. The Bertz CT molecular complexity index is 297. The lowest BCUT2D eigenvalue weighted by Gasteiger charge is -2.18. The molecule has 0 aliphatic heterocycles. The molecule has 0 fully saturated rings. The first kappa shape index (κ1) is 13.2. The van der Waals surface area contributed by atoms with Crippen LogP contribution in [-0.2, 0) is 6.42 Å². The molecule has 90 valence electrons. The van der Waals surface area contributed by atoms with Gasteiger partial charge in [-0.25, -0.2) is 0 Å². The van der Waals surface area contributed by atoms with E-state index in [9.17, 15) is 0 Å². The topological polar surface area (TPSA) is 24.9 Å². The number of rotatable bonds is 7. The number of hydrogen-bond acceptors (Lipinski definition) is 2. The van der Waals surface area contributed by atoms with Crippen LogP contribution in [0.3, 0.4) is 0 Å².